The lowest BCUT2D eigenvalue weighted by Gasteiger charge is -2.28. The van der Waals surface area contributed by atoms with Crippen LogP contribution in [0.2, 0.25) is 0 Å². The van der Waals surface area contributed by atoms with Crippen molar-refractivity contribution in [2.75, 3.05) is 12.4 Å². The number of nitro groups is 1. The predicted octanol–water partition coefficient (Wildman–Crippen LogP) is 2.47. The Morgan fingerprint density at radius 2 is 1.84 bits per heavy atom. The highest BCUT2D eigenvalue weighted by atomic mass is 16.6. The van der Waals surface area contributed by atoms with Gasteiger partial charge in [-0.05, 0) is 40.1 Å². The molecule has 11 heteroatoms. The normalized spacial score (nSPS) is 15.0. The van der Waals surface area contributed by atoms with Crippen LogP contribution in [0.1, 0.15) is 34.5 Å². The fraction of sp³-hybridized carbons (Fsp3) is 0.190. The van der Waals surface area contributed by atoms with Crippen molar-refractivity contribution >= 4 is 23.4 Å². The molecule has 0 saturated carbocycles. The number of allylic oxidation sites excluding steroid dienone is 1. The van der Waals surface area contributed by atoms with Gasteiger partial charge in [-0.1, -0.05) is 36.3 Å². The lowest BCUT2D eigenvalue weighted by atomic mass is 9.89. The Morgan fingerprint density at radius 3 is 2.44 bits per heavy atom. The number of methoxy groups -OCH3 is 1. The number of ketones is 1. The number of carbonyl (C=O) groups excluding carboxylic acids is 2. The van der Waals surface area contributed by atoms with Gasteiger partial charge >= 0.3 is 5.97 Å². The number of Topliss-reactive ketones (excluding diaryl/α,β-unsaturated/α-hetero) is 1. The van der Waals surface area contributed by atoms with E-state index in [9.17, 15) is 19.7 Å². The summed E-state index contributed by atoms with van der Waals surface area (Å²) in [6.07, 6.45) is 0.834. The summed E-state index contributed by atoms with van der Waals surface area (Å²) in [6.45, 7) is 2.03. The number of aryl methyl sites for hydroxylation is 1. The first-order valence-corrected chi connectivity index (χ1v) is 9.70. The minimum Gasteiger partial charge on any atom is -0.464 e. The third-order valence-corrected chi connectivity index (χ3v) is 5.20. The zero-order valence-electron chi connectivity index (χ0n) is 17.2. The molecule has 0 aliphatic carbocycles. The minimum absolute atomic E-state index is 0.0646. The third-order valence-electron chi connectivity index (χ3n) is 5.20. The van der Waals surface area contributed by atoms with Crippen molar-refractivity contribution in [1.29, 1.82) is 0 Å². The number of esters is 1. The number of nitrogens with one attached hydrogen (secondary N) is 1. The van der Waals surface area contributed by atoms with Gasteiger partial charge in [-0.3, -0.25) is 14.9 Å². The Balaban J connectivity index is 1.89. The van der Waals surface area contributed by atoms with E-state index >= 15 is 0 Å². The zero-order chi connectivity index (χ0) is 22.8. The molecule has 2 heterocycles. The number of tetrazole rings is 1. The number of benzene rings is 2. The molecule has 1 atom stereocenters. The Bertz CT molecular complexity index is 1230. The molecular weight excluding hydrogens is 416 g/mol. The van der Waals surface area contributed by atoms with Crippen LogP contribution in [0.4, 0.5) is 11.6 Å². The molecule has 1 N–H and O–H groups in total. The van der Waals surface area contributed by atoms with Crippen molar-refractivity contribution in [1.82, 2.24) is 20.2 Å². The highest BCUT2D eigenvalue weighted by molar-refractivity contribution is 6.15. The van der Waals surface area contributed by atoms with E-state index in [-0.39, 0.29) is 28.5 Å². The van der Waals surface area contributed by atoms with Crippen LogP contribution in [0, 0.1) is 10.1 Å². The molecule has 4 rings (SSSR count). The standard InChI is InChI=1S/C21H18N6O5/c1-3-12-4-6-13(7-5-12)18-16(19(28)14-8-10-15(11-9-14)27(30)31)17(20(29)32-2)22-21-23-24-25-26(18)21/h4-11,18H,3H2,1-2H3,(H,22,23,25)/t18-/m1/s1. The van der Waals surface area contributed by atoms with E-state index in [0.717, 1.165) is 12.0 Å². The number of hydrogen-bond donors (Lipinski definition) is 1. The highest BCUT2D eigenvalue weighted by Gasteiger charge is 2.38. The van der Waals surface area contributed by atoms with Gasteiger partial charge in [0.15, 0.2) is 5.78 Å². The maximum absolute atomic E-state index is 13.6. The monoisotopic (exact) mass is 434 g/mol. The first-order chi connectivity index (χ1) is 15.4. The molecule has 32 heavy (non-hydrogen) atoms. The molecule has 0 amide bonds. The van der Waals surface area contributed by atoms with Crippen LogP contribution in [-0.2, 0) is 16.0 Å². The average molecular weight is 434 g/mol. The average Bonchev–Trinajstić information content (AvgIpc) is 3.30. The van der Waals surface area contributed by atoms with Crippen molar-refractivity contribution in [2.24, 2.45) is 0 Å². The number of carbonyl (C=O) groups is 2. The number of aromatic nitrogens is 4. The van der Waals surface area contributed by atoms with Gasteiger partial charge in [-0.15, -0.1) is 0 Å². The third kappa shape index (κ3) is 3.60. The van der Waals surface area contributed by atoms with Crippen LogP contribution >= 0.6 is 0 Å². The molecule has 1 aromatic heterocycles. The molecule has 0 bridgehead atoms. The molecule has 2 aromatic carbocycles. The fourth-order valence-electron chi connectivity index (χ4n) is 3.52. The van der Waals surface area contributed by atoms with Crippen molar-refractivity contribution in [3.63, 3.8) is 0 Å². The Hall–Kier alpha value is -4.41. The number of nitro benzene ring substituents is 1. The summed E-state index contributed by atoms with van der Waals surface area (Å²) in [5.41, 5.74) is 1.77. The zero-order valence-corrected chi connectivity index (χ0v) is 17.2. The fourth-order valence-corrected chi connectivity index (χ4v) is 3.52. The number of ether oxygens (including phenoxy) is 1. The van der Waals surface area contributed by atoms with Crippen LogP contribution in [-0.4, -0.2) is 44.0 Å². The van der Waals surface area contributed by atoms with Crippen LogP contribution in [0.5, 0.6) is 0 Å². The number of nitrogens with zero attached hydrogens (tertiary/aromatic N) is 5. The van der Waals surface area contributed by atoms with E-state index in [1.54, 1.807) is 0 Å². The number of rotatable bonds is 6. The second kappa shape index (κ2) is 8.38. The lowest BCUT2D eigenvalue weighted by Crippen LogP contribution is -2.33. The topological polar surface area (TPSA) is 142 Å². The molecule has 1 aliphatic rings. The highest BCUT2D eigenvalue weighted by Crippen LogP contribution is 2.36. The Morgan fingerprint density at radius 1 is 1.16 bits per heavy atom. The van der Waals surface area contributed by atoms with Crippen LogP contribution in [0.25, 0.3) is 0 Å². The summed E-state index contributed by atoms with van der Waals surface area (Å²) < 4.78 is 6.30. The molecule has 0 unspecified atom stereocenters. The van der Waals surface area contributed by atoms with Crippen LogP contribution < -0.4 is 5.32 Å². The van der Waals surface area contributed by atoms with Crippen LogP contribution in [0.3, 0.4) is 0 Å². The van der Waals surface area contributed by atoms with Crippen LogP contribution in [0.15, 0.2) is 59.8 Å². The summed E-state index contributed by atoms with van der Waals surface area (Å²) in [6, 6.07) is 11.9. The summed E-state index contributed by atoms with van der Waals surface area (Å²) in [4.78, 5) is 36.6. The maximum atomic E-state index is 13.6. The molecular formula is C21H18N6O5. The van der Waals surface area contributed by atoms with Gasteiger partial charge in [0.25, 0.3) is 5.69 Å². The lowest BCUT2D eigenvalue weighted by molar-refractivity contribution is -0.384. The van der Waals surface area contributed by atoms with E-state index in [0.29, 0.717) is 5.56 Å². The molecule has 0 fully saturated rings. The van der Waals surface area contributed by atoms with Gasteiger partial charge < -0.3 is 10.1 Å². The van der Waals surface area contributed by atoms with Gasteiger partial charge in [0.1, 0.15) is 11.7 Å². The van der Waals surface area contributed by atoms with E-state index in [2.05, 4.69) is 20.8 Å². The van der Waals surface area contributed by atoms with Crippen molar-refractivity contribution < 1.29 is 19.2 Å². The molecule has 11 nitrogen and oxygen atoms in total. The smallest absolute Gasteiger partial charge is 0.355 e. The minimum atomic E-state index is -0.816. The summed E-state index contributed by atoms with van der Waals surface area (Å²) in [5, 5.41) is 25.3. The number of non-ortho nitro benzene ring substituents is 1. The molecule has 0 saturated heterocycles. The SMILES string of the molecule is CCc1ccc([C@@H]2C(C(=O)c3ccc([N+](=O)[O-])cc3)=C(C(=O)OC)Nc3nnnn32)cc1. The first-order valence-electron chi connectivity index (χ1n) is 9.70. The Kier molecular flexibility index (Phi) is 5.46. The van der Waals surface area contributed by atoms with Crippen molar-refractivity contribution in [3.05, 3.63) is 86.6 Å². The molecule has 1 aliphatic heterocycles. The van der Waals surface area contributed by atoms with E-state index in [1.807, 2.05) is 31.2 Å². The van der Waals surface area contributed by atoms with Crippen molar-refractivity contribution in [2.45, 2.75) is 19.4 Å². The largest absolute Gasteiger partial charge is 0.464 e. The summed E-state index contributed by atoms with van der Waals surface area (Å²) >= 11 is 0. The quantitative estimate of drug-likeness (QED) is 0.268. The number of anilines is 1. The summed E-state index contributed by atoms with van der Waals surface area (Å²) in [5.74, 6) is -1.10. The van der Waals surface area contributed by atoms with Gasteiger partial charge in [-0.2, -0.15) is 4.68 Å². The Labute approximate surface area is 181 Å². The number of hydrogen-bond acceptors (Lipinski definition) is 9. The van der Waals surface area contributed by atoms with E-state index in [1.165, 1.54) is 36.1 Å². The first kappa shape index (κ1) is 20.8. The number of fused-ring (bicyclic) bond motifs is 1. The van der Waals surface area contributed by atoms with E-state index in [4.69, 9.17) is 4.74 Å². The van der Waals surface area contributed by atoms with E-state index < -0.39 is 22.7 Å². The van der Waals surface area contributed by atoms with Gasteiger partial charge in [-0.25, -0.2) is 4.79 Å². The second-order valence-corrected chi connectivity index (χ2v) is 6.98. The predicted molar refractivity (Wildman–Crippen MR) is 112 cm³/mol. The summed E-state index contributed by atoms with van der Waals surface area (Å²) in [7, 11) is 1.20. The van der Waals surface area contributed by atoms with Crippen molar-refractivity contribution in [3.8, 4) is 0 Å². The molecule has 162 valence electrons. The molecule has 0 radical (unpaired) electrons. The second-order valence-electron chi connectivity index (χ2n) is 6.98. The van der Waals surface area contributed by atoms with Gasteiger partial charge in [0, 0.05) is 17.7 Å². The maximum Gasteiger partial charge on any atom is 0.355 e. The van der Waals surface area contributed by atoms with Gasteiger partial charge in [0.2, 0.25) is 5.95 Å². The van der Waals surface area contributed by atoms with Gasteiger partial charge in [0.05, 0.1) is 17.6 Å². The molecule has 0 spiro atoms. The molecule has 3 aromatic rings.